The molecule has 0 unspecified atom stereocenters. The van der Waals surface area contributed by atoms with Crippen molar-refractivity contribution in [2.75, 3.05) is 0 Å². The Morgan fingerprint density at radius 2 is 0.667 bits per heavy atom. The maximum atomic E-state index is 7.25. The fourth-order valence-electron chi connectivity index (χ4n) is 0. The van der Waals surface area contributed by atoms with Gasteiger partial charge in [0.05, 0.1) is 0 Å². The van der Waals surface area contributed by atoms with Crippen LogP contribution in [0.5, 0.6) is 0 Å². The van der Waals surface area contributed by atoms with Crippen molar-refractivity contribution in [2.45, 2.75) is 0 Å². The zero-order valence-electron chi connectivity index (χ0n) is 5.36. The summed E-state index contributed by atoms with van der Waals surface area (Å²) < 4.78 is 0. The first kappa shape index (κ1) is 77.6. The summed E-state index contributed by atoms with van der Waals surface area (Å²) in [6, 6.07) is 0. The van der Waals surface area contributed by atoms with Gasteiger partial charge >= 0.3 is 34.1 Å². The second-order valence-electron chi connectivity index (χ2n) is 0. The molecular formula is H8Fe2N4O4S2. The fourth-order valence-corrected chi connectivity index (χ4v) is 0. The predicted octanol–water partition coefficient (Wildman–Crippen LogP) is -1.23. The minimum atomic E-state index is 0. The summed E-state index contributed by atoms with van der Waals surface area (Å²) >= 11 is 0. The molecule has 0 radical (unpaired) electrons. The normalized spacial score (nSPS) is 1.67. The molecule has 0 heterocycles. The average Bonchev–Trinajstić information content (AvgIpc) is 2.03. The van der Waals surface area contributed by atoms with E-state index in [1.54, 1.807) is 0 Å². The van der Waals surface area contributed by atoms with Crippen molar-refractivity contribution < 1.29 is 44.6 Å². The van der Waals surface area contributed by atoms with Gasteiger partial charge in [-0.1, -0.05) is 0 Å². The van der Waals surface area contributed by atoms with E-state index in [0.29, 0.717) is 0 Å². The Morgan fingerprint density at radius 1 is 0.667 bits per heavy atom. The van der Waals surface area contributed by atoms with E-state index >= 15 is 0 Å². The van der Waals surface area contributed by atoms with E-state index in [1.807, 2.05) is 0 Å². The Kier molecular flexibility index (Phi) is 14600. The number of nitrogens with zero attached hydrogens (tertiary/aromatic N) is 2. The Bertz CT molecular complexity index is 25.0. The molecule has 12 heavy (non-hydrogen) atoms. The topological polar surface area (TPSA) is 171 Å². The van der Waals surface area contributed by atoms with E-state index in [9.17, 15) is 0 Å². The van der Waals surface area contributed by atoms with E-state index < -0.39 is 0 Å². The van der Waals surface area contributed by atoms with Gasteiger partial charge in [0, 0.05) is 0 Å². The minimum absolute atomic E-state index is 0. The zero-order valence-corrected chi connectivity index (χ0v) is 9.36. The third-order valence-corrected chi connectivity index (χ3v) is 0. The average molecular weight is 304 g/mol. The number of hydrogen-bond acceptors (Lipinski definition) is 8. The van der Waals surface area contributed by atoms with Gasteiger partial charge in [-0.3, -0.25) is 0 Å². The molecule has 0 saturated heterocycles. The van der Waals surface area contributed by atoms with E-state index in [1.165, 1.54) is 0 Å². The van der Waals surface area contributed by atoms with Crippen LogP contribution in [-0.2, 0) is 61.1 Å². The monoisotopic (exact) mass is 304 g/mol. The molecule has 0 bridgehead atoms. The molecule has 0 amide bonds. The van der Waals surface area contributed by atoms with Crippen LogP contribution in [0.2, 0.25) is 0 Å². The Morgan fingerprint density at radius 3 is 0.667 bits per heavy atom. The number of nitroso groups, excluding NO2 is 2. The van der Waals surface area contributed by atoms with Crippen molar-refractivity contribution in [1.82, 2.24) is 0 Å². The molecule has 0 fully saturated rings. The van der Waals surface area contributed by atoms with Gasteiger partial charge in [-0.05, 0) is 0 Å². The first-order valence-electron chi connectivity index (χ1n) is 0.882. The predicted molar refractivity (Wildman–Crippen MR) is 42.9 cm³/mol. The summed E-state index contributed by atoms with van der Waals surface area (Å²) in [6.07, 6.45) is 0. The van der Waals surface area contributed by atoms with Crippen LogP contribution in [0.4, 0.5) is 0 Å². The van der Waals surface area contributed by atoms with Crippen LogP contribution < -0.4 is 11.8 Å². The van der Waals surface area contributed by atoms with Crippen molar-refractivity contribution in [3.05, 3.63) is 21.0 Å². The molecule has 0 aliphatic rings. The van der Waals surface area contributed by atoms with Crippen molar-refractivity contribution >= 4 is 27.0 Å². The van der Waals surface area contributed by atoms with Gasteiger partial charge < -0.3 is 58.4 Å². The van der Waals surface area contributed by atoms with E-state index in [0.717, 1.165) is 0 Å². The molecule has 80 valence electrons. The molecule has 0 aromatic carbocycles. The maximum Gasteiger partial charge on any atom is 2.00 e. The van der Waals surface area contributed by atoms with Crippen LogP contribution >= 0.6 is 0 Å². The van der Waals surface area contributed by atoms with Crippen molar-refractivity contribution in [2.24, 2.45) is 11.8 Å². The quantitative estimate of drug-likeness (QED) is 0.186. The molecule has 0 aliphatic heterocycles. The fraction of sp³-hybridized carbons (Fsp3) is 0. The second kappa shape index (κ2) is 2260. The molecule has 0 atom stereocenters. The molecule has 0 aromatic heterocycles. The van der Waals surface area contributed by atoms with Gasteiger partial charge in [0.1, 0.15) is 0 Å². The first-order chi connectivity index (χ1) is 4.00. The molecule has 6 N–H and O–H groups in total. The van der Waals surface area contributed by atoms with Gasteiger partial charge in [0.15, 0.2) is 0 Å². The third kappa shape index (κ3) is 1700. The molecule has 12 heteroatoms. The molecule has 0 aromatic rings. The summed E-state index contributed by atoms with van der Waals surface area (Å²) in [5, 5.41) is 13.0. The molecule has 0 saturated carbocycles. The smallest absolute Gasteiger partial charge is 0.813 e. The van der Waals surface area contributed by atoms with Gasteiger partial charge in [-0.2, -0.15) is 0 Å². The largest absolute Gasteiger partial charge is 2.00 e. The van der Waals surface area contributed by atoms with E-state index in [4.69, 9.17) is 31.4 Å². The second-order valence-corrected chi connectivity index (χ2v) is 0. The van der Waals surface area contributed by atoms with Crippen LogP contribution in [0.1, 0.15) is 0 Å². The minimum Gasteiger partial charge on any atom is -0.813 e. The Labute approximate surface area is 104 Å². The van der Waals surface area contributed by atoms with Crippen LogP contribution in [-0.4, -0.2) is 10.4 Å². The maximum absolute atomic E-state index is 7.25. The number of nitrogens with two attached hydrogens (primary N) is 2. The summed E-state index contributed by atoms with van der Waals surface area (Å²) in [7, 11) is 0. The van der Waals surface area contributed by atoms with Crippen LogP contribution in [0.25, 0.3) is 11.2 Å². The molecule has 0 aliphatic carbocycles. The Balaban J connectivity index is -0.00000000267. The van der Waals surface area contributed by atoms with Gasteiger partial charge in [0.25, 0.3) is 0 Å². The standard InChI is InChI=1S/2Fe.2H3NO.2NO.2H2S/c;;4*1-2;;/h;;2*2H,1H2;;;2*1H2/q2*+2;;;2*-1;;/p-2. The van der Waals surface area contributed by atoms with Crippen molar-refractivity contribution in [1.29, 1.82) is 0 Å². The first-order valence-corrected chi connectivity index (χ1v) is 0.882. The van der Waals surface area contributed by atoms with Crippen molar-refractivity contribution in [3.63, 3.8) is 0 Å². The summed E-state index contributed by atoms with van der Waals surface area (Å²) in [6.45, 7) is 0. The van der Waals surface area contributed by atoms with Gasteiger partial charge in [0.2, 0.25) is 0 Å². The van der Waals surface area contributed by atoms with E-state index in [-0.39, 0.29) is 61.1 Å². The number of thiol groups is 2. The van der Waals surface area contributed by atoms with Crippen LogP contribution in [0.3, 0.4) is 0 Å². The summed E-state index contributed by atoms with van der Waals surface area (Å²) in [5.41, 5.74) is 11.5. The van der Waals surface area contributed by atoms with Gasteiger partial charge in [-0.15, -0.1) is 0 Å². The zero-order chi connectivity index (χ0) is 8.00. The van der Waals surface area contributed by atoms with Crippen molar-refractivity contribution in [3.8, 4) is 0 Å². The summed E-state index contributed by atoms with van der Waals surface area (Å²) in [4.78, 5) is 14.5. The molecule has 8 nitrogen and oxygen atoms in total. The molecular weight excluding hydrogens is 296 g/mol. The number of hydrogen-bond donors (Lipinski definition) is 4. The molecule has 0 rings (SSSR count). The third-order valence-electron chi connectivity index (χ3n) is 0. The summed E-state index contributed by atoms with van der Waals surface area (Å²) in [5.74, 6) is 7.00. The van der Waals surface area contributed by atoms with E-state index in [2.05, 4.69) is 11.8 Å². The van der Waals surface area contributed by atoms with Crippen LogP contribution in [0.15, 0.2) is 0 Å². The number of rotatable bonds is 0. The molecule has 0 spiro atoms. The Hall–Kier alpha value is 0.779. The van der Waals surface area contributed by atoms with Gasteiger partial charge in [-0.25, -0.2) is 11.8 Å². The van der Waals surface area contributed by atoms with Crippen LogP contribution in [0, 0.1) is 9.81 Å². The SMILES string of the molecule is NO.NO.[Fe+2].[Fe+2].[N-]=O.[N-]=O.[SH-].[SH-].